The number of nitrogens with zero attached hydrogens (tertiary/aromatic N) is 2. The van der Waals surface area contributed by atoms with Crippen LogP contribution in [0.2, 0.25) is 0 Å². The lowest BCUT2D eigenvalue weighted by Gasteiger charge is -2.12. The van der Waals surface area contributed by atoms with Gasteiger partial charge in [-0.05, 0) is 82.3 Å². The fraction of sp³-hybridized carbons (Fsp3) is 0.409. The van der Waals surface area contributed by atoms with Crippen molar-refractivity contribution in [3.05, 3.63) is 53.7 Å². The molecule has 148 valence electrons. The van der Waals surface area contributed by atoms with E-state index in [0.717, 1.165) is 30.7 Å². The van der Waals surface area contributed by atoms with E-state index < -0.39 is 0 Å². The molecule has 1 aliphatic rings. The lowest BCUT2D eigenvalue weighted by Crippen LogP contribution is -2.26. The highest BCUT2D eigenvalue weighted by Gasteiger charge is 2.09. The summed E-state index contributed by atoms with van der Waals surface area (Å²) in [6, 6.07) is 11.1. The molecule has 0 atom stereocenters. The van der Waals surface area contributed by atoms with Gasteiger partial charge in [0.15, 0.2) is 11.5 Å². The number of benzene rings is 1. The van der Waals surface area contributed by atoms with Crippen molar-refractivity contribution in [2.75, 3.05) is 11.9 Å². The maximum absolute atomic E-state index is 12.2. The van der Waals surface area contributed by atoms with Crippen LogP contribution in [0.25, 0.3) is 0 Å². The number of hydrogen-bond donors (Lipinski definition) is 2. The molecule has 0 saturated heterocycles. The number of rotatable bonds is 8. The van der Waals surface area contributed by atoms with Gasteiger partial charge in [-0.3, -0.25) is 4.79 Å². The molecule has 0 radical (unpaired) electrons. The molecule has 2 N–H and O–H groups in total. The molecule has 1 aromatic carbocycles. The third kappa shape index (κ3) is 6.08. The molecule has 0 fully saturated rings. The standard InChI is InChI=1S/C22H28N4O2/c1-16(2)28-19-10-8-18(9-11-19)24-21-13-12-20(25-26-21)22(27)23-15-14-17-6-4-3-5-7-17/h6,8-13,16H,3-5,7,14-15H2,1-2H3,(H,23,27)(H,24,26). The number of carbonyl (C=O) groups is 1. The number of nitrogens with one attached hydrogen (secondary N) is 2. The molecule has 0 unspecified atom stereocenters. The van der Waals surface area contributed by atoms with E-state index >= 15 is 0 Å². The molecule has 6 heteroatoms. The molecular formula is C22H28N4O2. The van der Waals surface area contributed by atoms with Crippen molar-refractivity contribution in [3.8, 4) is 5.75 Å². The van der Waals surface area contributed by atoms with Crippen LogP contribution >= 0.6 is 0 Å². The van der Waals surface area contributed by atoms with E-state index in [1.54, 1.807) is 12.1 Å². The molecule has 28 heavy (non-hydrogen) atoms. The van der Waals surface area contributed by atoms with Gasteiger partial charge < -0.3 is 15.4 Å². The van der Waals surface area contributed by atoms with Crippen molar-refractivity contribution in [2.24, 2.45) is 0 Å². The molecule has 1 amide bonds. The number of allylic oxidation sites excluding steroid dienone is 1. The van der Waals surface area contributed by atoms with Gasteiger partial charge in [0, 0.05) is 12.2 Å². The number of amides is 1. The molecule has 0 bridgehead atoms. The minimum Gasteiger partial charge on any atom is -0.491 e. The Hall–Kier alpha value is -2.89. The van der Waals surface area contributed by atoms with Gasteiger partial charge in [-0.25, -0.2) is 0 Å². The highest BCUT2D eigenvalue weighted by molar-refractivity contribution is 5.92. The molecule has 1 aromatic heterocycles. The van der Waals surface area contributed by atoms with Crippen LogP contribution < -0.4 is 15.4 Å². The van der Waals surface area contributed by atoms with E-state index in [0.29, 0.717) is 18.1 Å². The van der Waals surface area contributed by atoms with E-state index in [4.69, 9.17) is 4.74 Å². The van der Waals surface area contributed by atoms with E-state index in [2.05, 4.69) is 26.9 Å². The predicted molar refractivity (Wildman–Crippen MR) is 111 cm³/mol. The Kier molecular flexibility index (Phi) is 7.00. The Morgan fingerprint density at radius 3 is 2.57 bits per heavy atom. The van der Waals surface area contributed by atoms with Crippen LogP contribution in [0.4, 0.5) is 11.5 Å². The summed E-state index contributed by atoms with van der Waals surface area (Å²) in [6.07, 6.45) is 8.21. The summed E-state index contributed by atoms with van der Waals surface area (Å²) in [5.41, 5.74) is 2.65. The van der Waals surface area contributed by atoms with Crippen molar-refractivity contribution >= 4 is 17.4 Å². The normalized spacial score (nSPS) is 13.8. The Labute approximate surface area is 166 Å². The molecule has 6 nitrogen and oxygen atoms in total. The second-order valence-electron chi connectivity index (χ2n) is 7.23. The average molecular weight is 380 g/mol. The lowest BCUT2D eigenvalue weighted by atomic mass is 9.97. The fourth-order valence-electron chi connectivity index (χ4n) is 3.12. The Morgan fingerprint density at radius 1 is 1.11 bits per heavy atom. The summed E-state index contributed by atoms with van der Waals surface area (Å²) in [7, 11) is 0. The smallest absolute Gasteiger partial charge is 0.271 e. The third-order valence-electron chi connectivity index (χ3n) is 4.51. The van der Waals surface area contributed by atoms with Crippen LogP contribution in [-0.4, -0.2) is 28.8 Å². The Morgan fingerprint density at radius 2 is 1.93 bits per heavy atom. The average Bonchev–Trinajstić information content (AvgIpc) is 2.70. The first-order chi connectivity index (χ1) is 13.6. The zero-order chi connectivity index (χ0) is 19.8. The van der Waals surface area contributed by atoms with Gasteiger partial charge in [-0.1, -0.05) is 11.6 Å². The number of carbonyl (C=O) groups excluding carboxylic acids is 1. The quantitative estimate of drug-likeness (QED) is 0.653. The first kappa shape index (κ1) is 19.9. The molecule has 1 heterocycles. The number of ether oxygens (including phenoxy) is 1. The van der Waals surface area contributed by atoms with Crippen LogP contribution in [0, 0.1) is 0 Å². The largest absolute Gasteiger partial charge is 0.491 e. The van der Waals surface area contributed by atoms with Crippen LogP contribution in [0.5, 0.6) is 5.75 Å². The molecule has 2 aromatic rings. The van der Waals surface area contributed by atoms with E-state index in [1.165, 1.54) is 18.4 Å². The van der Waals surface area contributed by atoms with Crippen LogP contribution in [0.1, 0.15) is 56.4 Å². The van der Waals surface area contributed by atoms with Crippen LogP contribution in [-0.2, 0) is 0 Å². The van der Waals surface area contributed by atoms with Gasteiger partial charge in [0.1, 0.15) is 5.75 Å². The summed E-state index contributed by atoms with van der Waals surface area (Å²) in [4.78, 5) is 12.2. The molecule has 3 rings (SSSR count). The molecule has 0 spiro atoms. The van der Waals surface area contributed by atoms with Gasteiger partial charge in [0.2, 0.25) is 0 Å². The van der Waals surface area contributed by atoms with Crippen molar-refractivity contribution < 1.29 is 9.53 Å². The molecule has 0 saturated carbocycles. The summed E-state index contributed by atoms with van der Waals surface area (Å²) in [5.74, 6) is 1.22. The summed E-state index contributed by atoms with van der Waals surface area (Å²) in [5, 5.41) is 14.2. The topological polar surface area (TPSA) is 76.1 Å². The molecule has 0 aliphatic heterocycles. The van der Waals surface area contributed by atoms with Gasteiger partial charge in [0.25, 0.3) is 5.91 Å². The number of aromatic nitrogens is 2. The molecular weight excluding hydrogens is 352 g/mol. The van der Waals surface area contributed by atoms with Gasteiger partial charge in [-0.15, -0.1) is 10.2 Å². The Balaban J connectivity index is 1.48. The highest BCUT2D eigenvalue weighted by Crippen LogP contribution is 2.20. The van der Waals surface area contributed by atoms with Crippen molar-refractivity contribution in [1.29, 1.82) is 0 Å². The minimum absolute atomic E-state index is 0.141. The van der Waals surface area contributed by atoms with Crippen molar-refractivity contribution in [1.82, 2.24) is 15.5 Å². The summed E-state index contributed by atoms with van der Waals surface area (Å²) in [6.45, 7) is 4.62. The number of hydrogen-bond acceptors (Lipinski definition) is 5. The van der Waals surface area contributed by atoms with Crippen molar-refractivity contribution in [2.45, 2.75) is 52.1 Å². The summed E-state index contributed by atoms with van der Waals surface area (Å²) >= 11 is 0. The van der Waals surface area contributed by atoms with E-state index in [1.807, 2.05) is 38.1 Å². The molecule has 1 aliphatic carbocycles. The van der Waals surface area contributed by atoms with Gasteiger partial charge in [0.05, 0.1) is 6.10 Å². The van der Waals surface area contributed by atoms with Gasteiger partial charge in [-0.2, -0.15) is 0 Å². The monoisotopic (exact) mass is 380 g/mol. The third-order valence-corrected chi connectivity index (χ3v) is 4.51. The zero-order valence-corrected chi connectivity index (χ0v) is 16.6. The van der Waals surface area contributed by atoms with E-state index in [-0.39, 0.29) is 12.0 Å². The van der Waals surface area contributed by atoms with Gasteiger partial charge >= 0.3 is 0 Å². The highest BCUT2D eigenvalue weighted by atomic mass is 16.5. The number of anilines is 2. The predicted octanol–water partition coefficient (Wildman–Crippen LogP) is 4.63. The minimum atomic E-state index is -0.189. The maximum Gasteiger partial charge on any atom is 0.271 e. The lowest BCUT2D eigenvalue weighted by molar-refractivity contribution is 0.0948. The zero-order valence-electron chi connectivity index (χ0n) is 16.6. The summed E-state index contributed by atoms with van der Waals surface area (Å²) < 4.78 is 5.63. The van der Waals surface area contributed by atoms with Crippen LogP contribution in [0.3, 0.4) is 0 Å². The van der Waals surface area contributed by atoms with E-state index in [9.17, 15) is 4.79 Å². The first-order valence-corrected chi connectivity index (χ1v) is 9.94. The Bertz CT molecular complexity index is 798. The SMILES string of the molecule is CC(C)Oc1ccc(Nc2ccc(C(=O)NCCC3=CCCCC3)nn2)cc1. The fourth-order valence-corrected chi connectivity index (χ4v) is 3.12. The maximum atomic E-state index is 12.2. The first-order valence-electron chi connectivity index (χ1n) is 9.94. The second kappa shape index (κ2) is 9.88. The second-order valence-corrected chi connectivity index (χ2v) is 7.23. The van der Waals surface area contributed by atoms with Crippen LogP contribution in [0.15, 0.2) is 48.0 Å². The van der Waals surface area contributed by atoms with Crippen molar-refractivity contribution in [3.63, 3.8) is 0 Å².